The van der Waals surface area contributed by atoms with Crippen LogP contribution in [0.3, 0.4) is 0 Å². The highest BCUT2D eigenvalue weighted by Crippen LogP contribution is 2.41. The van der Waals surface area contributed by atoms with Gasteiger partial charge in [0.1, 0.15) is 0 Å². The minimum Gasteiger partial charge on any atom is -0.369 e. The number of guanidine groups is 1. The predicted octanol–water partition coefficient (Wildman–Crippen LogP) is 2.46. The maximum atomic E-state index is 6.08. The molecule has 2 N–H and O–H groups in total. The second kappa shape index (κ2) is 4.21. The monoisotopic (exact) mass is 311 g/mol. The number of nitrogens with zero attached hydrogens (tertiary/aromatic N) is 2. The van der Waals surface area contributed by atoms with Crippen molar-refractivity contribution in [2.45, 2.75) is 12.0 Å². The van der Waals surface area contributed by atoms with E-state index in [1.165, 1.54) is 5.75 Å². The van der Waals surface area contributed by atoms with Crippen LogP contribution < -0.4 is 10.6 Å². The van der Waals surface area contributed by atoms with Crippen molar-refractivity contribution >= 4 is 39.3 Å². The van der Waals surface area contributed by atoms with Gasteiger partial charge >= 0.3 is 0 Å². The van der Waals surface area contributed by atoms with E-state index in [9.17, 15) is 0 Å². The van der Waals surface area contributed by atoms with Crippen molar-refractivity contribution in [3.63, 3.8) is 0 Å². The maximum Gasteiger partial charge on any atom is 0.196 e. The van der Waals surface area contributed by atoms with Crippen LogP contribution in [0.2, 0.25) is 0 Å². The zero-order valence-electron chi connectivity index (χ0n) is 9.40. The van der Waals surface area contributed by atoms with E-state index in [0.29, 0.717) is 5.96 Å². The molecular weight excluding hydrogens is 298 g/mol. The molecule has 2 aliphatic rings. The fourth-order valence-corrected chi connectivity index (χ4v) is 4.40. The second-order valence-electron chi connectivity index (χ2n) is 4.49. The standard InChI is InChI=1S/C12H14BrN3S/c13-9-3-1-2-4-10(9)16-11(14)15-7-12(16)5-6-17-8-12/h1-4H,5-8H2,(H2,14,15). The molecule has 3 nitrogen and oxygen atoms in total. The van der Waals surface area contributed by atoms with Gasteiger partial charge in [0, 0.05) is 10.2 Å². The largest absolute Gasteiger partial charge is 0.369 e. The van der Waals surface area contributed by atoms with E-state index in [1.54, 1.807) is 0 Å². The molecular formula is C12H14BrN3S. The van der Waals surface area contributed by atoms with Crippen molar-refractivity contribution < 1.29 is 0 Å². The van der Waals surface area contributed by atoms with E-state index in [2.05, 4.69) is 38.0 Å². The van der Waals surface area contributed by atoms with Crippen LogP contribution >= 0.6 is 27.7 Å². The van der Waals surface area contributed by atoms with Gasteiger partial charge in [-0.25, -0.2) is 0 Å². The fraction of sp³-hybridized carbons (Fsp3) is 0.417. The lowest BCUT2D eigenvalue weighted by molar-refractivity contribution is 0.515. The molecule has 17 heavy (non-hydrogen) atoms. The predicted molar refractivity (Wildman–Crippen MR) is 77.8 cm³/mol. The van der Waals surface area contributed by atoms with Gasteiger partial charge in [0.2, 0.25) is 0 Å². The summed E-state index contributed by atoms with van der Waals surface area (Å²) in [6, 6.07) is 8.22. The molecule has 5 heteroatoms. The number of hydrogen-bond acceptors (Lipinski definition) is 4. The van der Waals surface area contributed by atoms with E-state index in [4.69, 9.17) is 5.73 Å². The van der Waals surface area contributed by atoms with Crippen LogP contribution in [0.5, 0.6) is 0 Å². The van der Waals surface area contributed by atoms with Gasteiger partial charge in [-0.05, 0) is 40.2 Å². The number of thioether (sulfide) groups is 1. The summed E-state index contributed by atoms with van der Waals surface area (Å²) in [5.41, 5.74) is 7.32. The molecule has 90 valence electrons. The molecule has 3 rings (SSSR count). The van der Waals surface area contributed by atoms with Crippen LogP contribution in [-0.4, -0.2) is 29.5 Å². The Balaban J connectivity index is 2.05. The van der Waals surface area contributed by atoms with E-state index in [0.717, 1.165) is 28.9 Å². The lowest BCUT2D eigenvalue weighted by Crippen LogP contribution is -2.52. The second-order valence-corrected chi connectivity index (χ2v) is 6.45. The third-order valence-corrected chi connectivity index (χ3v) is 5.32. The summed E-state index contributed by atoms with van der Waals surface area (Å²) in [6.45, 7) is 0.827. The quantitative estimate of drug-likeness (QED) is 0.866. The Bertz CT molecular complexity index is 469. The molecule has 1 saturated heterocycles. The molecule has 1 aromatic rings. The average Bonchev–Trinajstić information content (AvgIpc) is 2.90. The molecule has 1 fully saturated rings. The number of para-hydroxylation sites is 1. The molecule has 0 aromatic heterocycles. The Morgan fingerprint density at radius 3 is 2.94 bits per heavy atom. The Morgan fingerprint density at radius 2 is 2.24 bits per heavy atom. The zero-order valence-corrected chi connectivity index (χ0v) is 11.8. The molecule has 0 radical (unpaired) electrons. The van der Waals surface area contributed by atoms with Gasteiger partial charge in [0.15, 0.2) is 5.96 Å². The average molecular weight is 312 g/mol. The summed E-state index contributed by atoms with van der Waals surface area (Å²) in [5, 5.41) is 0. The Labute approximate surface area is 114 Å². The van der Waals surface area contributed by atoms with E-state index in [1.807, 2.05) is 23.9 Å². The summed E-state index contributed by atoms with van der Waals surface area (Å²) in [5.74, 6) is 2.96. The van der Waals surface area contributed by atoms with Crippen molar-refractivity contribution in [2.24, 2.45) is 10.7 Å². The maximum absolute atomic E-state index is 6.08. The molecule has 0 amide bonds. The van der Waals surface area contributed by atoms with Crippen molar-refractivity contribution in [3.05, 3.63) is 28.7 Å². The first-order valence-corrected chi connectivity index (χ1v) is 7.60. The highest BCUT2D eigenvalue weighted by atomic mass is 79.9. The smallest absolute Gasteiger partial charge is 0.196 e. The Hall–Kier alpha value is -0.680. The van der Waals surface area contributed by atoms with Gasteiger partial charge < -0.3 is 10.6 Å². The van der Waals surface area contributed by atoms with Crippen LogP contribution in [0.15, 0.2) is 33.7 Å². The Kier molecular flexibility index (Phi) is 2.83. The SMILES string of the molecule is NC1=NCC2(CCSC2)N1c1ccccc1Br. The highest BCUT2D eigenvalue weighted by molar-refractivity contribution is 9.10. The van der Waals surface area contributed by atoms with E-state index < -0.39 is 0 Å². The first-order valence-electron chi connectivity index (χ1n) is 5.65. The van der Waals surface area contributed by atoms with E-state index in [-0.39, 0.29) is 5.54 Å². The molecule has 0 bridgehead atoms. The van der Waals surface area contributed by atoms with Crippen LogP contribution in [0.25, 0.3) is 0 Å². The van der Waals surface area contributed by atoms with Gasteiger partial charge in [0.25, 0.3) is 0 Å². The number of benzene rings is 1. The number of aliphatic imine (C=N–C) groups is 1. The summed E-state index contributed by atoms with van der Waals surface area (Å²) >= 11 is 5.60. The first-order chi connectivity index (χ1) is 8.23. The van der Waals surface area contributed by atoms with Crippen LogP contribution in [-0.2, 0) is 0 Å². The first kappa shape index (κ1) is 11.4. The van der Waals surface area contributed by atoms with Crippen molar-refractivity contribution in [1.29, 1.82) is 0 Å². The van der Waals surface area contributed by atoms with Gasteiger partial charge in [-0.1, -0.05) is 12.1 Å². The molecule has 2 heterocycles. The van der Waals surface area contributed by atoms with Gasteiger partial charge in [0.05, 0.1) is 17.8 Å². The summed E-state index contributed by atoms with van der Waals surface area (Å²) in [4.78, 5) is 6.68. The molecule has 1 aromatic carbocycles. The molecule has 1 atom stereocenters. The summed E-state index contributed by atoms with van der Waals surface area (Å²) in [7, 11) is 0. The van der Waals surface area contributed by atoms with Gasteiger partial charge in [-0.3, -0.25) is 4.99 Å². The van der Waals surface area contributed by atoms with Gasteiger partial charge in [-0.2, -0.15) is 11.8 Å². The molecule has 1 unspecified atom stereocenters. The van der Waals surface area contributed by atoms with Crippen molar-refractivity contribution in [1.82, 2.24) is 0 Å². The fourth-order valence-electron chi connectivity index (χ4n) is 2.52. The normalized spacial score (nSPS) is 27.8. The Morgan fingerprint density at radius 1 is 1.41 bits per heavy atom. The number of halogens is 1. The van der Waals surface area contributed by atoms with E-state index >= 15 is 0 Å². The minimum absolute atomic E-state index is 0.110. The van der Waals surface area contributed by atoms with Crippen molar-refractivity contribution in [2.75, 3.05) is 23.0 Å². The number of nitrogens with two attached hydrogens (primary N) is 1. The van der Waals surface area contributed by atoms with Crippen LogP contribution in [0, 0.1) is 0 Å². The molecule has 0 aliphatic carbocycles. The van der Waals surface area contributed by atoms with Crippen LogP contribution in [0.4, 0.5) is 5.69 Å². The highest BCUT2D eigenvalue weighted by Gasteiger charge is 2.46. The van der Waals surface area contributed by atoms with Crippen molar-refractivity contribution in [3.8, 4) is 0 Å². The summed E-state index contributed by atoms with van der Waals surface area (Å²) < 4.78 is 1.08. The zero-order chi connectivity index (χ0) is 11.9. The lowest BCUT2D eigenvalue weighted by Gasteiger charge is -2.35. The number of hydrogen-bond donors (Lipinski definition) is 1. The molecule has 0 saturated carbocycles. The number of anilines is 1. The third kappa shape index (κ3) is 1.76. The van der Waals surface area contributed by atoms with Crippen LogP contribution in [0.1, 0.15) is 6.42 Å². The molecule has 1 spiro atoms. The third-order valence-electron chi connectivity index (χ3n) is 3.41. The lowest BCUT2D eigenvalue weighted by atomic mass is 9.97. The number of rotatable bonds is 1. The van der Waals surface area contributed by atoms with Gasteiger partial charge in [-0.15, -0.1) is 0 Å². The minimum atomic E-state index is 0.110. The molecule has 2 aliphatic heterocycles. The topological polar surface area (TPSA) is 41.6 Å². The summed E-state index contributed by atoms with van der Waals surface area (Å²) in [6.07, 6.45) is 1.16.